The lowest BCUT2D eigenvalue weighted by Gasteiger charge is -2.32. The average Bonchev–Trinajstić information content (AvgIpc) is 2.68. The third-order valence-corrected chi connectivity index (χ3v) is 5.90. The monoisotopic (exact) mass is 410 g/mol. The van der Waals surface area contributed by atoms with Crippen molar-refractivity contribution >= 4 is 17.4 Å². The van der Waals surface area contributed by atoms with E-state index in [-0.39, 0.29) is 34.7 Å². The van der Waals surface area contributed by atoms with Crippen LogP contribution in [0.5, 0.6) is 11.5 Å². The van der Waals surface area contributed by atoms with E-state index in [0.29, 0.717) is 11.4 Å². The highest BCUT2D eigenvalue weighted by Gasteiger charge is 2.35. The average molecular weight is 411 g/mol. The summed E-state index contributed by atoms with van der Waals surface area (Å²) in [6.45, 7) is 4.19. The van der Waals surface area contributed by atoms with Gasteiger partial charge in [0, 0.05) is 10.9 Å². The molecule has 0 spiro atoms. The lowest BCUT2D eigenvalue weighted by Crippen LogP contribution is -2.26. The van der Waals surface area contributed by atoms with Gasteiger partial charge in [-0.2, -0.15) is 0 Å². The molecular weight excluding hydrogens is 384 g/mol. The number of hydrogen-bond acceptors (Lipinski definition) is 3. The summed E-state index contributed by atoms with van der Waals surface area (Å²) < 4.78 is 0. The molecule has 152 valence electrons. The number of benzene rings is 2. The highest BCUT2D eigenvalue weighted by Crippen LogP contribution is 2.44. The van der Waals surface area contributed by atoms with Crippen molar-refractivity contribution in [2.45, 2.75) is 45.4 Å². The van der Waals surface area contributed by atoms with E-state index in [4.69, 9.17) is 11.6 Å². The highest BCUT2D eigenvalue weighted by atomic mass is 35.5. The summed E-state index contributed by atoms with van der Waals surface area (Å²) >= 11 is 6.49. The van der Waals surface area contributed by atoms with Crippen LogP contribution in [0.3, 0.4) is 0 Å². The Hall–Kier alpha value is -2.52. The SMILES string of the molecule is CC(C)=CCCC1=CC[C@@H](C(=O)c2c(O)cccc2O)[C@H](c2ccccc2Cl)C1. The number of phenols is 2. The molecule has 0 aromatic heterocycles. The highest BCUT2D eigenvalue weighted by molar-refractivity contribution is 6.31. The van der Waals surface area contributed by atoms with Gasteiger partial charge in [0.15, 0.2) is 5.78 Å². The second-order valence-corrected chi connectivity index (χ2v) is 8.30. The molecule has 0 amide bonds. The van der Waals surface area contributed by atoms with Crippen LogP contribution in [0.2, 0.25) is 5.02 Å². The van der Waals surface area contributed by atoms with Crippen molar-refractivity contribution in [3.05, 3.63) is 81.9 Å². The van der Waals surface area contributed by atoms with Crippen LogP contribution in [0.25, 0.3) is 0 Å². The fraction of sp³-hybridized carbons (Fsp3) is 0.320. The largest absolute Gasteiger partial charge is 0.507 e. The van der Waals surface area contributed by atoms with Crippen LogP contribution in [0.4, 0.5) is 0 Å². The smallest absolute Gasteiger partial charge is 0.174 e. The molecule has 0 bridgehead atoms. The van der Waals surface area contributed by atoms with Gasteiger partial charge in [0.25, 0.3) is 0 Å². The number of rotatable bonds is 6. The van der Waals surface area contributed by atoms with E-state index in [2.05, 4.69) is 26.0 Å². The van der Waals surface area contributed by atoms with Crippen molar-refractivity contribution in [2.75, 3.05) is 0 Å². The van der Waals surface area contributed by atoms with Gasteiger partial charge in [-0.15, -0.1) is 0 Å². The molecule has 3 nitrogen and oxygen atoms in total. The first-order chi connectivity index (χ1) is 13.9. The number of carbonyl (C=O) groups excluding carboxylic acids is 1. The Morgan fingerprint density at radius 3 is 2.45 bits per heavy atom. The molecule has 0 radical (unpaired) electrons. The van der Waals surface area contributed by atoms with Crippen molar-refractivity contribution < 1.29 is 15.0 Å². The first kappa shape index (κ1) is 21.2. The van der Waals surface area contributed by atoms with Crippen molar-refractivity contribution in [2.24, 2.45) is 5.92 Å². The molecule has 0 saturated carbocycles. The Morgan fingerprint density at radius 1 is 1.10 bits per heavy atom. The molecule has 2 aromatic carbocycles. The van der Waals surface area contributed by atoms with Crippen LogP contribution in [0.1, 0.15) is 61.4 Å². The van der Waals surface area contributed by atoms with E-state index in [1.165, 1.54) is 29.3 Å². The lowest BCUT2D eigenvalue weighted by molar-refractivity contribution is 0.0889. The minimum atomic E-state index is -0.388. The second kappa shape index (κ2) is 9.32. The van der Waals surface area contributed by atoms with Gasteiger partial charge >= 0.3 is 0 Å². The van der Waals surface area contributed by atoms with Crippen molar-refractivity contribution in [1.82, 2.24) is 0 Å². The molecule has 2 aromatic rings. The summed E-state index contributed by atoms with van der Waals surface area (Å²) in [6.07, 6.45) is 7.60. The standard InChI is InChI=1S/C25H27ClO3/c1-16(2)7-5-8-17-13-14-19(20(15-17)18-9-3-4-10-21(18)26)25(29)24-22(27)11-6-12-23(24)28/h3-4,6-7,9-13,19-20,27-28H,5,8,14-15H2,1-2H3/t19-,20+/m1/s1. The van der Waals surface area contributed by atoms with Gasteiger partial charge in [-0.3, -0.25) is 4.79 Å². The molecule has 2 N–H and O–H groups in total. The minimum Gasteiger partial charge on any atom is -0.507 e. The Kier molecular flexibility index (Phi) is 6.81. The summed E-state index contributed by atoms with van der Waals surface area (Å²) in [4.78, 5) is 13.3. The number of carbonyl (C=O) groups is 1. The predicted molar refractivity (Wildman–Crippen MR) is 118 cm³/mol. The summed E-state index contributed by atoms with van der Waals surface area (Å²) in [7, 11) is 0. The second-order valence-electron chi connectivity index (χ2n) is 7.89. The molecule has 1 aliphatic carbocycles. The van der Waals surface area contributed by atoms with Crippen LogP contribution < -0.4 is 0 Å². The van der Waals surface area contributed by atoms with Crippen molar-refractivity contribution in [1.29, 1.82) is 0 Å². The molecule has 29 heavy (non-hydrogen) atoms. The number of hydrogen-bond donors (Lipinski definition) is 2. The zero-order valence-electron chi connectivity index (χ0n) is 16.9. The summed E-state index contributed by atoms with van der Waals surface area (Å²) in [5, 5.41) is 21.0. The number of Topliss-reactive ketones (excluding diaryl/α,β-unsaturated/α-hetero) is 1. The van der Waals surface area contributed by atoms with Gasteiger partial charge in [-0.05, 0) is 69.2 Å². The Balaban J connectivity index is 1.95. The topological polar surface area (TPSA) is 57.5 Å². The van der Waals surface area contributed by atoms with Crippen LogP contribution in [0, 0.1) is 5.92 Å². The summed E-state index contributed by atoms with van der Waals surface area (Å²) in [6, 6.07) is 12.0. The molecule has 0 fully saturated rings. The van der Waals surface area contributed by atoms with E-state index in [0.717, 1.165) is 24.8 Å². The van der Waals surface area contributed by atoms with Crippen LogP contribution in [-0.2, 0) is 0 Å². The predicted octanol–water partition coefficient (Wildman–Crippen LogP) is 6.80. The van der Waals surface area contributed by atoms with Crippen molar-refractivity contribution in [3.63, 3.8) is 0 Å². The van der Waals surface area contributed by atoms with E-state index < -0.39 is 0 Å². The number of ketones is 1. The van der Waals surface area contributed by atoms with Crippen LogP contribution >= 0.6 is 11.6 Å². The molecule has 0 aliphatic heterocycles. The third kappa shape index (κ3) is 4.91. The quantitative estimate of drug-likeness (QED) is 0.406. The Bertz CT molecular complexity index is 934. The zero-order chi connectivity index (χ0) is 21.0. The maximum atomic E-state index is 13.3. The van der Waals surface area contributed by atoms with Gasteiger partial charge < -0.3 is 10.2 Å². The first-order valence-corrected chi connectivity index (χ1v) is 10.4. The van der Waals surface area contributed by atoms with Gasteiger partial charge in [0.1, 0.15) is 17.1 Å². The van der Waals surface area contributed by atoms with Gasteiger partial charge in [0.2, 0.25) is 0 Å². The van der Waals surface area contributed by atoms with E-state index in [1.807, 2.05) is 24.3 Å². The molecule has 3 rings (SSSR count). The molecule has 4 heteroatoms. The molecule has 1 aliphatic rings. The van der Waals surface area contributed by atoms with Gasteiger partial charge in [-0.25, -0.2) is 0 Å². The van der Waals surface area contributed by atoms with Gasteiger partial charge in [-0.1, -0.05) is 59.2 Å². The van der Waals surface area contributed by atoms with E-state index in [9.17, 15) is 15.0 Å². The number of allylic oxidation sites excluding steroid dienone is 4. The molecule has 0 saturated heterocycles. The third-order valence-electron chi connectivity index (χ3n) is 5.55. The van der Waals surface area contributed by atoms with E-state index >= 15 is 0 Å². The van der Waals surface area contributed by atoms with E-state index in [1.54, 1.807) is 0 Å². The molecule has 0 heterocycles. The maximum absolute atomic E-state index is 13.3. The van der Waals surface area contributed by atoms with Crippen LogP contribution in [-0.4, -0.2) is 16.0 Å². The fourth-order valence-corrected chi connectivity index (χ4v) is 4.35. The lowest BCUT2D eigenvalue weighted by atomic mass is 9.72. The normalized spacial score (nSPS) is 18.8. The molecule has 0 unspecified atom stereocenters. The zero-order valence-corrected chi connectivity index (χ0v) is 17.6. The number of phenolic OH excluding ortho intramolecular Hbond substituents is 2. The molecule has 2 atom stereocenters. The Labute approximate surface area is 177 Å². The van der Waals surface area contributed by atoms with Crippen LogP contribution in [0.15, 0.2) is 65.8 Å². The number of halogens is 1. The summed E-state index contributed by atoms with van der Waals surface area (Å²) in [5.41, 5.74) is 3.55. The fourth-order valence-electron chi connectivity index (χ4n) is 4.07. The van der Waals surface area contributed by atoms with Crippen molar-refractivity contribution in [3.8, 4) is 11.5 Å². The minimum absolute atomic E-state index is 0.00375. The number of aromatic hydroxyl groups is 2. The Morgan fingerprint density at radius 2 is 1.79 bits per heavy atom. The maximum Gasteiger partial charge on any atom is 0.174 e. The molecular formula is C25H27ClO3. The summed E-state index contributed by atoms with van der Waals surface area (Å²) in [5.74, 6) is -1.11. The first-order valence-electron chi connectivity index (χ1n) is 9.99. The van der Waals surface area contributed by atoms with Gasteiger partial charge in [0.05, 0.1) is 0 Å².